The average molecular weight is 241 g/mol. The molecule has 1 aromatic carbocycles. The molecule has 0 radical (unpaired) electrons. The highest BCUT2D eigenvalue weighted by molar-refractivity contribution is 6.31. The molecule has 0 bridgehead atoms. The molecule has 1 aromatic rings. The Bertz CT molecular complexity index is 430. The van der Waals surface area contributed by atoms with Crippen LogP contribution in [0.2, 0.25) is 5.02 Å². The van der Waals surface area contributed by atoms with E-state index in [0.29, 0.717) is 5.02 Å². The van der Waals surface area contributed by atoms with Gasteiger partial charge < -0.3 is 16.2 Å². The topological polar surface area (TPSA) is 75.4 Å². The third-order valence-electron chi connectivity index (χ3n) is 3.04. The molecule has 2 amide bonds. The SMILES string of the molecule is NC(=O)NC1(c2ccc(O)cc2Cl)CCC1. The molecule has 0 saturated heterocycles. The molecule has 0 spiro atoms. The molecule has 0 aromatic heterocycles. The van der Waals surface area contributed by atoms with Crippen molar-refractivity contribution in [3.05, 3.63) is 28.8 Å². The maximum atomic E-state index is 11.0. The normalized spacial score (nSPS) is 17.6. The molecule has 0 heterocycles. The summed E-state index contributed by atoms with van der Waals surface area (Å²) in [4.78, 5) is 11.0. The second-order valence-electron chi connectivity index (χ2n) is 4.09. The van der Waals surface area contributed by atoms with Crippen LogP contribution in [-0.2, 0) is 5.54 Å². The third kappa shape index (κ3) is 1.80. The first kappa shape index (κ1) is 11.1. The summed E-state index contributed by atoms with van der Waals surface area (Å²) in [7, 11) is 0. The number of primary amides is 1. The predicted octanol–water partition coefficient (Wildman–Crippen LogP) is 2.09. The minimum atomic E-state index is -0.552. The molecule has 1 aliphatic rings. The van der Waals surface area contributed by atoms with E-state index in [2.05, 4.69) is 5.32 Å². The standard InChI is InChI=1S/C11H13ClN2O2/c12-9-6-7(15)2-3-8(9)11(4-1-5-11)14-10(13)16/h2-3,6,15H,1,4-5H2,(H3,13,14,16). The molecular weight excluding hydrogens is 228 g/mol. The lowest BCUT2D eigenvalue weighted by Crippen LogP contribution is -2.52. The number of carbonyl (C=O) groups is 1. The summed E-state index contributed by atoms with van der Waals surface area (Å²) >= 11 is 6.06. The molecule has 86 valence electrons. The van der Waals surface area contributed by atoms with Gasteiger partial charge in [0, 0.05) is 5.02 Å². The first-order valence-corrected chi connectivity index (χ1v) is 5.48. The monoisotopic (exact) mass is 240 g/mol. The van der Waals surface area contributed by atoms with E-state index in [4.69, 9.17) is 17.3 Å². The maximum Gasteiger partial charge on any atom is 0.312 e. The van der Waals surface area contributed by atoms with Crippen molar-refractivity contribution in [2.24, 2.45) is 5.73 Å². The van der Waals surface area contributed by atoms with Crippen molar-refractivity contribution < 1.29 is 9.90 Å². The Morgan fingerprint density at radius 1 is 1.50 bits per heavy atom. The van der Waals surface area contributed by atoms with Gasteiger partial charge in [-0.3, -0.25) is 0 Å². The van der Waals surface area contributed by atoms with Crippen LogP contribution < -0.4 is 11.1 Å². The second-order valence-corrected chi connectivity index (χ2v) is 4.50. The number of amides is 2. The van der Waals surface area contributed by atoms with Crippen molar-refractivity contribution in [1.82, 2.24) is 5.32 Å². The molecule has 1 saturated carbocycles. The lowest BCUT2D eigenvalue weighted by Gasteiger charge is -2.43. The van der Waals surface area contributed by atoms with E-state index in [9.17, 15) is 9.90 Å². The summed E-state index contributed by atoms with van der Waals surface area (Å²) in [6.45, 7) is 0. The number of rotatable bonds is 2. The fourth-order valence-electron chi connectivity index (χ4n) is 2.12. The largest absolute Gasteiger partial charge is 0.508 e. The Kier molecular flexibility index (Phi) is 2.68. The molecule has 5 heteroatoms. The van der Waals surface area contributed by atoms with E-state index in [0.717, 1.165) is 24.8 Å². The van der Waals surface area contributed by atoms with E-state index in [1.54, 1.807) is 12.1 Å². The van der Waals surface area contributed by atoms with Crippen molar-refractivity contribution in [2.45, 2.75) is 24.8 Å². The molecule has 2 rings (SSSR count). The van der Waals surface area contributed by atoms with E-state index >= 15 is 0 Å². The number of nitrogens with one attached hydrogen (secondary N) is 1. The molecule has 1 aliphatic carbocycles. The van der Waals surface area contributed by atoms with Crippen LogP contribution in [0, 0.1) is 0 Å². The van der Waals surface area contributed by atoms with E-state index in [-0.39, 0.29) is 5.75 Å². The molecular formula is C11H13ClN2O2. The van der Waals surface area contributed by atoms with Crippen molar-refractivity contribution in [3.8, 4) is 5.75 Å². The van der Waals surface area contributed by atoms with Crippen LogP contribution in [-0.4, -0.2) is 11.1 Å². The van der Waals surface area contributed by atoms with Crippen LogP contribution >= 0.6 is 11.6 Å². The summed E-state index contributed by atoms with van der Waals surface area (Å²) in [6.07, 6.45) is 2.67. The number of benzene rings is 1. The zero-order valence-corrected chi connectivity index (χ0v) is 9.42. The number of carbonyl (C=O) groups excluding carboxylic acids is 1. The molecule has 0 unspecified atom stereocenters. The van der Waals surface area contributed by atoms with Gasteiger partial charge in [0.1, 0.15) is 5.75 Å². The summed E-state index contributed by atoms with van der Waals surface area (Å²) in [6, 6.07) is 4.21. The fourth-order valence-corrected chi connectivity index (χ4v) is 2.48. The van der Waals surface area contributed by atoms with E-state index in [1.165, 1.54) is 6.07 Å². The van der Waals surface area contributed by atoms with Crippen molar-refractivity contribution in [3.63, 3.8) is 0 Å². The van der Waals surface area contributed by atoms with Crippen molar-refractivity contribution in [1.29, 1.82) is 0 Å². The first-order valence-electron chi connectivity index (χ1n) is 5.10. The van der Waals surface area contributed by atoms with E-state index < -0.39 is 11.6 Å². The number of nitrogens with two attached hydrogens (primary N) is 1. The van der Waals surface area contributed by atoms with Crippen LogP contribution in [0.25, 0.3) is 0 Å². The van der Waals surface area contributed by atoms with Gasteiger partial charge >= 0.3 is 6.03 Å². The van der Waals surface area contributed by atoms with Gasteiger partial charge in [0.05, 0.1) is 5.54 Å². The predicted molar refractivity (Wildman–Crippen MR) is 61.4 cm³/mol. The number of halogens is 1. The van der Waals surface area contributed by atoms with Gasteiger partial charge in [-0.2, -0.15) is 0 Å². The minimum absolute atomic E-state index is 0.113. The highest BCUT2D eigenvalue weighted by atomic mass is 35.5. The third-order valence-corrected chi connectivity index (χ3v) is 3.35. The van der Waals surface area contributed by atoms with Gasteiger partial charge in [-0.25, -0.2) is 4.79 Å². The molecule has 0 atom stereocenters. The van der Waals surface area contributed by atoms with Crippen molar-refractivity contribution in [2.75, 3.05) is 0 Å². The smallest absolute Gasteiger partial charge is 0.312 e. The van der Waals surface area contributed by atoms with Gasteiger partial charge in [-0.1, -0.05) is 17.7 Å². The average Bonchev–Trinajstić information content (AvgIpc) is 2.12. The lowest BCUT2D eigenvalue weighted by molar-refractivity contribution is 0.183. The fraction of sp³-hybridized carbons (Fsp3) is 0.364. The Morgan fingerprint density at radius 2 is 2.19 bits per heavy atom. The Labute approximate surface area is 98.4 Å². The molecule has 0 aliphatic heterocycles. The molecule has 4 nitrogen and oxygen atoms in total. The van der Waals surface area contributed by atoms with E-state index in [1.807, 2.05) is 0 Å². The maximum absolute atomic E-state index is 11.0. The van der Waals surface area contributed by atoms with Crippen LogP contribution in [0.15, 0.2) is 18.2 Å². The zero-order valence-electron chi connectivity index (χ0n) is 8.66. The number of phenols is 1. The Morgan fingerprint density at radius 3 is 2.62 bits per heavy atom. The highest BCUT2D eigenvalue weighted by Gasteiger charge is 2.41. The van der Waals surface area contributed by atoms with Crippen molar-refractivity contribution >= 4 is 17.6 Å². The highest BCUT2D eigenvalue weighted by Crippen LogP contribution is 2.44. The van der Waals surface area contributed by atoms with Crippen LogP contribution in [0.4, 0.5) is 4.79 Å². The first-order chi connectivity index (χ1) is 7.53. The molecule has 4 N–H and O–H groups in total. The number of urea groups is 1. The van der Waals surface area contributed by atoms with Crippen LogP contribution in [0.5, 0.6) is 5.75 Å². The zero-order chi connectivity index (χ0) is 11.8. The summed E-state index contributed by atoms with van der Waals surface area (Å²) in [5.74, 6) is 0.113. The summed E-state index contributed by atoms with van der Waals surface area (Å²) < 4.78 is 0. The Balaban J connectivity index is 2.36. The lowest BCUT2D eigenvalue weighted by atomic mass is 9.72. The number of aromatic hydroxyl groups is 1. The van der Waals surface area contributed by atoms with Crippen LogP contribution in [0.1, 0.15) is 24.8 Å². The minimum Gasteiger partial charge on any atom is -0.508 e. The number of hydrogen-bond donors (Lipinski definition) is 3. The van der Waals surface area contributed by atoms with Gasteiger partial charge in [0.25, 0.3) is 0 Å². The van der Waals surface area contributed by atoms with Gasteiger partial charge in [-0.05, 0) is 37.0 Å². The molecule has 16 heavy (non-hydrogen) atoms. The second kappa shape index (κ2) is 3.87. The van der Waals surface area contributed by atoms with Gasteiger partial charge in [-0.15, -0.1) is 0 Å². The van der Waals surface area contributed by atoms with Gasteiger partial charge in [0.15, 0.2) is 0 Å². The van der Waals surface area contributed by atoms with Crippen LogP contribution in [0.3, 0.4) is 0 Å². The summed E-state index contributed by atoms with van der Waals surface area (Å²) in [5.41, 5.74) is 5.53. The quantitative estimate of drug-likeness (QED) is 0.741. The Hall–Kier alpha value is -1.42. The molecule has 1 fully saturated rings. The van der Waals surface area contributed by atoms with Gasteiger partial charge in [0.2, 0.25) is 0 Å². The number of phenolic OH excluding ortho intramolecular Hbond substituents is 1. The summed E-state index contributed by atoms with van der Waals surface area (Å²) in [5, 5.41) is 12.5. The number of hydrogen-bond acceptors (Lipinski definition) is 2.